The average Bonchev–Trinajstić information content (AvgIpc) is 3.15. The highest BCUT2D eigenvalue weighted by molar-refractivity contribution is 7.98. The number of hydrogen-bond acceptors (Lipinski definition) is 6. The number of amides is 1. The number of ether oxygens (including phenoxy) is 1. The van der Waals surface area contributed by atoms with Gasteiger partial charge in [0.25, 0.3) is 0 Å². The third kappa shape index (κ3) is 5.59. The van der Waals surface area contributed by atoms with Crippen LogP contribution < -0.4 is 10.1 Å². The fourth-order valence-electron chi connectivity index (χ4n) is 2.36. The topological polar surface area (TPSA) is 77.2 Å². The van der Waals surface area contributed by atoms with E-state index in [0.29, 0.717) is 29.6 Å². The Bertz CT molecular complexity index is 876. The van der Waals surface area contributed by atoms with E-state index in [1.54, 1.807) is 18.9 Å². The Hall–Kier alpha value is -2.80. The summed E-state index contributed by atoms with van der Waals surface area (Å²) < 4.78 is 10.4. The summed E-state index contributed by atoms with van der Waals surface area (Å²) in [5, 5.41) is 6.87. The monoisotopic (exact) mass is 383 g/mol. The van der Waals surface area contributed by atoms with Crippen LogP contribution in [0.1, 0.15) is 17.9 Å². The first-order chi connectivity index (χ1) is 13.1. The second-order valence-electron chi connectivity index (χ2n) is 5.96. The van der Waals surface area contributed by atoms with Gasteiger partial charge in [0.15, 0.2) is 0 Å². The first kappa shape index (κ1) is 19.0. The van der Waals surface area contributed by atoms with E-state index in [2.05, 4.69) is 15.5 Å². The van der Waals surface area contributed by atoms with Crippen LogP contribution in [0.25, 0.3) is 11.4 Å². The van der Waals surface area contributed by atoms with Crippen molar-refractivity contribution in [1.29, 1.82) is 0 Å². The molecule has 7 heteroatoms. The maximum Gasteiger partial charge on any atom is 0.236 e. The molecule has 0 aliphatic heterocycles. The van der Waals surface area contributed by atoms with Gasteiger partial charge in [0.1, 0.15) is 5.75 Å². The van der Waals surface area contributed by atoms with Gasteiger partial charge in [0, 0.05) is 23.4 Å². The third-order valence-corrected chi connectivity index (χ3v) is 4.79. The number of benzene rings is 2. The van der Waals surface area contributed by atoms with Crippen molar-refractivity contribution in [3.05, 3.63) is 60.0 Å². The van der Waals surface area contributed by atoms with Gasteiger partial charge >= 0.3 is 0 Å². The molecule has 0 fully saturated rings. The molecule has 0 saturated carbocycles. The largest absolute Gasteiger partial charge is 0.497 e. The molecule has 0 radical (unpaired) electrons. The SMILES string of the molecule is COc1ccc(NC(=O)CCSCc2nc(-c3ccc(C)cc3)no2)cc1. The van der Waals surface area contributed by atoms with Crippen molar-refractivity contribution in [2.45, 2.75) is 19.1 Å². The van der Waals surface area contributed by atoms with E-state index < -0.39 is 0 Å². The minimum Gasteiger partial charge on any atom is -0.497 e. The van der Waals surface area contributed by atoms with Crippen LogP contribution in [0.15, 0.2) is 53.1 Å². The van der Waals surface area contributed by atoms with Gasteiger partial charge in [-0.15, -0.1) is 0 Å². The molecule has 0 unspecified atom stereocenters. The molecule has 0 saturated heterocycles. The number of methoxy groups -OCH3 is 1. The van der Waals surface area contributed by atoms with E-state index in [0.717, 1.165) is 17.0 Å². The zero-order chi connectivity index (χ0) is 19.1. The van der Waals surface area contributed by atoms with Crippen molar-refractivity contribution >= 4 is 23.4 Å². The zero-order valence-corrected chi connectivity index (χ0v) is 16.1. The summed E-state index contributed by atoms with van der Waals surface area (Å²) in [5.41, 5.74) is 2.87. The van der Waals surface area contributed by atoms with E-state index in [1.165, 1.54) is 5.56 Å². The molecule has 3 aromatic rings. The standard InChI is InChI=1S/C20H21N3O3S/c1-14-3-5-15(6-4-14)20-22-19(26-23-20)13-27-12-11-18(24)21-16-7-9-17(25-2)10-8-16/h3-10H,11-13H2,1-2H3,(H,21,24). The molecule has 0 aliphatic rings. The second kappa shape index (κ2) is 9.23. The lowest BCUT2D eigenvalue weighted by atomic mass is 10.1. The molecular formula is C20H21N3O3S. The van der Waals surface area contributed by atoms with Crippen molar-refractivity contribution in [2.75, 3.05) is 18.2 Å². The molecule has 140 valence electrons. The molecular weight excluding hydrogens is 362 g/mol. The lowest BCUT2D eigenvalue weighted by Crippen LogP contribution is -2.12. The van der Waals surface area contributed by atoms with Crippen molar-refractivity contribution < 1.29 is 14.1 Å². The predicted octanol–water partition coefficient (Wildman–Crippen LogP) is 4.32. The fraction of sp³-hybridized carbons (Fsp3) is 0.250. The van der Waals surface area contributed by atoms with Crippen LogP contribution in [0.2, 0.25) is 0 Å². The number of carbonyl (C=O) groups is 1. The predicted molar refractivity (Wildman–Crippen MR) is 107 cm³/mol. The number of carbonyl (C=O) groups excluding carboxylic acids is 1. The third-order valence-electron chi connectivity index (χ3n) is 3.85. The molecule has 0 bridgehead atoms. The fourth-order valence-corrected chi connectivity index (χ4v) is 3.12. The Morgan fingerprint density at radius 2 is 1.89 bits per heavy atom. The van der Waals surface area contributed by atoms with Crippen LogP contribution in [0.5, 0.6) is 5.75 Å². The molecule has 6 nitrogen and oxygen atoms in total. The van der Waals surface area contributed by atoms with Crippen molar-refractivity contribution in [1.82, 2.24) is 10.1 Å². The van der Waals surface area contributed by atoms with Gasteiger partial charge in [-0.3, -0.25) is 4.79 Å². The summed E-state index contributed by atoms with van der Waals surface area (Å²) in [6.07, 6.45) is 0.412. The van der Waals surface area contributed by atoms with Crippen molar-refractivity contribution in [2.24, 2.45) is 0 Å². The average molecular weight is 383 g/mol. The van der Waals surface area contributed by atoms with Gasteiger partial charge in [0.05, 0.1) is 12.9 Å². The lowest BCUT2D eigenvalue weighted by molar-refractivity contribution is -0.115. The molecule has 3 rings (SSSR count). The highest BCUT2D eigenvalue weighted by Gasteiger charge is 2.09. The number of thioether (sulfide) groups is 1. The number of aromatic nitrogens is 2. The molecule has 0 spiro atoms. The molecule has 27 heavy (non-hydrogen) atoms. The Kier molecular flexibility index (Phi) is 6.49. The number of nitrogens with zero attached hydrogens (tertiary/aromatic N) is 2. The Balaban J connectivity index is 1.40. The van der Waals surface area contributed by atoms with Crippen LogP contribution in [0.4, 0.5) is 5.69 Å². The quantitative estimate of drug-likeness (QED) is 0.584. The summed E-state index contributed by atoms with van der Waals surface area (Å²) in [5.74, 6) is 3.12. The summed E-state index contributed by atoms with van der Waals surface area (Å²) >= 11 is 1.59. The maximum atomic E-state index is 12.0. The minimum atomic E-state index is -0.0291. The first-order valence-corrected chi connectivity index (χ1v) is 9.71. The summed E-state index contributed by atoms with van der Waals surface area (Å²) in [7, 11) is 1.61. The van der Waals surface area contributed by atoms with Gasteiger partial charge in [-0.05, 0) is 31.2 Å². The van der Waals surface area contributed by atoms with E-state index >= 15 is 0 Å². The molecule has 0 atom stereocenters. The molecule has 1 amide bonds. The van der Waals surface area contributed by atoms with E-state index in [4.69, 9.17) is 9.26 Å². The number of nitrogens with one attached hydrogen (secondary N) is 1. The van der Waals surface area contributed by atoms with Crippen LogP contribution in [-0.2, 0) is 10.5 Å². The highest BCUT2D eigenvalue weighted by Crippen LogP contribution is 2.19. The number of anilines is 1. The van der Waals surface area contributed by atoms with E-state index in [9.17, 15) is 4.79 Å². The van der Waals surface area contributed by atoms with Gasteiger partial charge in [-0.1, -0.05) is 35.0 Å². The molecule has 2 aromatic carbocycles. The smallest absolute Gasteiger partial charge is 0.236 e. The normalized spacial score (nSPS) is 10.6. The highest BCUT2D eigenvalue weighted by atomic mass is 32.2. The second-order valence-corrected chi connectivity index (χ2v) is 7.06. The zero-order valence-electron chi connectivity index (χ0n) is 15.3. The molecule has 0 aliphatic carbocycles. The van der Waals surface area contributed by atoms with Crippen LogP contribution >= 0.6 is 11.8 Å². The Morgan fingerprint density at radius 3 is 2.59 bits per heavy atom. The molecule has 1 N–H and O–H groups in total. The van der Waals surface area contributed by atoms with E-state index in [1.807, 2.05) is 55.5 Å². The minimum absolute atomic E-state index is 0.0291. The van der Waals surface area contributed by atoms with Crippen LogP contribution in [0, 0.1) is 6.92 Å². The van der Waals surface area contributed by atoms with Gasteiger partial charge in [-0.2, -0.15) is 16.7 Å². The summed E-state index contributed by atoms with van der Waals surface area (Å²) in [4.78, 5) is 16.4. The Labute approximate surface area is 162 Å². The maximum absolute atomic E-state index is 12.0. The van der Waals surface area contributed by atoms with Crippen molar-refractivity contribution in [3.63, 3.8) is 0 Å². The molecule has 1 aromatic heterocycles. The number of aryl methyl sites for hydroxylation is 1. The van der Waals surface area contributed by atoms with E-state index in [-0.39, 0.29) is 5.91 Å². The summed E-state index contributed by atoms with van der Waals surface area (Å²) in [6, 6.07) is 15.2. The Morgan fingerprint density at radius 1 is 1.15 bits per heavy atom. The van der Waals surface area contributed by atoms with Gasteiger partial charge in [-0.25, -0.2) is 0 Å². The molecule has 1 heterocycles. The van der Waals surface area contributed by atoms with Crippen LogP contribution in [-0.4, -0.2) is 28.9 Å². The van der Waals surface area contributed by atoms with Crippen molar-refractivity contribution in [3.8, 4) is 17.1 Å². The lowest BCUT2D eigenvalue weighted by Gasteiger charge is -2.05. The van der Waals surface area contributed by atoms with Crippen LogP contribution in [0.3, 0.4) is 0 Å². The number of hydrogen-bond donors (Lipinski definition) is 1. The van der Waals surface area contributed by atoms with Gasteiger partial charge < -0.3 is 14.6 Å². The first-order valence-electron chi connectivity index (χ1n) is 8.55. The van der Waals surface area contributed by atoms with Gasteiger partial charge in [0.2, 0.25) is 17.6 Å². The summed E-state index contributed by atoms with van der Waals surface area (Å²) in [6.45, 7) is 2.03. The number of rotatable bonds is 8.